The molecule has 0 radical (unpaired) electrons. The van der Waals surface area contributed by atoms with Gasteiger partial charge in [0.2, 0.25) is 0 Å². The molecule has 0 aromatic carbocycles. The third kappa shape index (κ3) is 8.61. The molecule has 0 spiro atoms. The molecule has 2 nitrogen and oxygen atoms in total. The average molecular weight is 236 g/mol. The van der Waals surface area contributed by atoms with Crippen LogP contribution in [-0.2, 0) is 0 Å². The van der Waals surface area contributed by atoms with Crippen LogP contribution in [0.15, 0.2) is 36.7 Å². The fourth-order valence-electron chi connectivity index (χ4n) is 1.64. The third-order valence-electron chi connectivity index (χ3n) is 2.97. The first-order valence-corrected chi connectivity index (χ1v) is 6.49. The van der Waals surface area contributed by atoms with Crippen LogP contribution < -0.4 is 11.1 Å². The van der Waals surface area contributed by atoms with Crippen molar-refractivity contribution >= 4 is 0 Å². The third-order valence-corrected chi connectivity index (χ3v) is 2.97. The lowest BCUT2D eigenvalue weighted by molar-refractivity contribution is 0.561. The highest BCUT2D eigenvalue weighted by Gasteiger charge is 2.05. The first-order valence-electron chi connectivity index (χ1n) is 6.49. The quantitative estimate of drug-likeness (QED) is 0.567. The highest BCUT2D eigenvalue weighted by atomic mass is 14.9. The number of allylic oxidation sites excluding steroid dienone is 3. The van der Waals surface area contributed by atoms with Gasteiger partial charge in [0.1, 0.15) is 0 Å². The van der Waals surface area contributed by atoms with Crippen LogP contribution in [0.5, 0.6) is 0 Å². The van der Waals surface area contributed by atoms with Gasteiger partial charge in [-0.3, -0.25) is 0 Å². The lowest BCUT2D eigenvalue weighted by Gasteiger charge is -2.16. The van der Waals surface area contributed by atoms with Crippen LogP contribution >= 0.6 is 0 Å². The van der Waals surface area contributed by atoms with Gasteiger partial charge in [-0.15, -0.1) is 0 Å². The molecule has 98 valence electrons. The standard InChI is InChI=1S/C15H28N2/c1-6-7-12(2)13(3)10-11-17-15(5)9-8-14(4)16/h13,17H,2,4-11,16H2,1,3H3. The Labute approximate surface area is 107 Å². The van der Waals surface area contributed by atoms with Crippen molar-refractivity contribution < 1.29 is 0 Å². The molecule has 0 aromatic rings. The summed E-state index contributed by atoms with van der Waals surface area (Å²) in [6.45, 7) is 17.2. The van der Waals surface area contributed by atoms with Crippen molar-refractivity contribution in [1.29, 1.82) is 0 Å². The summed E-state index contributed by atoms with van der Waals surface area (Å²) >= 11 is 0. The fraction of sp³-hybridized carbons (Fsp3) is 0.600. The molecule has 0 saturated heterocycles. The van der Waals surface area contributed by atoms with E-state index in [9.17, 15) is 0 Å². The highest BCUT2D eigenvalue weighted by molar-refractivity contribution is 5.00. The van der Waals surface area contributed by atoms with E-state index in [4.69, 9.17) is 5.73 Å². The molecule has 1 atom stereocenters. The van der Waals surface area contributed by atoms with Gasteiger partial charge in [0.15, 0.2) is 0 Å². The zero-order valence-corrected chi connectivity index (χ0v) is 11.5. The van der Waals surface area contributed by atoms with Gasteiger partial charge in [-0.05, 0) is 31.6 Å². The lowest BCUT2D eigenvalue weighted by Crippen LogP contribution is -2.17. The monoisotopic (exact) mass is 236 g/mol. The minimum Gasteiger partial charge on any atom is -0.403 e. The number of nitrogens with two attached hydrogens (primary N) is 1. The van der Waals surface area contributed by atoms with Gasteiger partial charge in [0.05, 0.1) is 0 Å². The van der Waals surface area contributed by atoms with Crippen molar-refractivity contribution in [3.05, 3.63) is 36.7 Å². The molecule has 17 heavy (non-hydrogen) atoms. The van der Waals surface area contributed by atoms with Gasteiger partial charge in [-0.2, -0.15) is 0 Å². The fourth-order valence-corrected chi connectivity index (χ4v) is 1.64. The lowest BCUT2D eigenvalue weighted by atomic mass is 9.95. The van der Waals surface area contributed by atoms with Crippen LogP contribution in [0.4, 0.5) is 0 Å². The van der Waals surface area contributed by atoms with Crippen molar-refractivity contribution in [2.24, 2.45) is 11.7 Å². The molecular weight excluding hydrogens is 208 g/mol. The Morgan fingerprint density at radius 1 is 1.18 bits per heavy atom. The summed E-state index contributed by atoms with van der Waals surface area (Å²) in [4.78, 5) is 0. The Kier molecular flexibility index (Phi) is 8.29. The van der Waals surface area contributed by atoms with E-state index in [0.29, 0.717) is 5.92 Å². The molecule has 0 bridgehead atoms. The molecule has 1 unspecified atom stereocenters. The maximum atomic E-state index is 5.52. The van der Waals surface area contributed by atoms with Gasteiger partial charge < -0.3 is 11.1 Å². The topological polar surface area (TPSA) is 38.0 Å². The summed E-state index contributed by atoms with van der Waals surface area (Å²) in [6, 6.07) is 0. The number of hydrogen-bond acceptors (Lipinski definition) is 2. The number of rotatable bonds is 10. The summed E-state index contributed by atoms with van der Waals surface area (Å²) in [6.07, 6.45) is 5.11. The molecule has 0 fully saturated rings. The maximum Gasteiger partial charge on any atom is 0.0149 e. The molecule has 3 N–H and O–H groups in total. The van der Waals surface area contributed by atoms with Crippen molar-refractivity contribution in [2.45, 2.75) is 46.0 Å². The largest absolute Gasteiger partial charge is 0.403 e. The van der Waals surface area contributed by atoms with Crippen LogP contribution in [-0.4, -0.2) is 6.54 Å². The van der Waals surface area contributed by atoms with Crippen molar-refractivity contribution in [3.8, 4) is 0 Å². The average Bonchev–Trinajstić information content (AvgIpc) is 2.26. The normalized spacial score (nSPS) is 11.9. The molecular formula is C15H28N2. The summed E-state index contributed by atoms with van der Waals surface area (Å²) < 4.78 is 0. The van der Waals surface area contributed by atoms with E-state index in [1.54, 1.807) is 0 Å². The Balaban J connectivity index is 3.65. The summed E-state index contributed by atoms with van der Waals surface area (Å²) in [5, 5.41) is 3.33. The Morgan fingerprint density at radius 3 is 2.35 bits per heavy atom. The maximum absolute atomic E-state index is 5.52. The Morgan fingerprint density at radius 2 is 1.82 bits per heavy atom. The van der Waals surface area contributed by atoms with Crippen LogP contribution in [0.25, 0.3) is 0 Å². The van der Waals surface area contributed by atoms with Gasteiger partial charge in [0, 0.05) is 17.9 Å². The van der Waals surface area contributed by atoms with E-state index >= 15 is 0 Å². The van der Waals surface area contributed by atoms with Gasteiger partial charge in [-0.1, -0.05) is 45.6 Å². The molecule has 0 amide bonds. The van der Waals surface area contributed by atoms with E-state index in [0.717, 1.165) is 43.6 Å². The smallest absolute Gasteiger partial charge is 0.0149 e. The molecule has 0 aromatic heterocycles. The van der Waals surface area contributed by atoms with Crippen LogP contribution in [0.3, 0.4) is 0 Å². The SMILES string of the molecule is C=C(N)CCC(=C)NCCC(C)C(=C)CCC. The predicted octanol–water partition coefficient (Wildman–Crippen LogP) is 3.72. The van der Waals surface area contributed by atoms with Gasteiger partial charge in [0.25, 0.3) is 0 Å². The first kappa shape index (κ1) is 15.8. The van der Waals surface area contributed by atoms with E-state index in [-0.39, 0.29) is 0 Å². The molecule has 0 aliphatic rings. The van der Waals surface area contributed by atoms with E-state index in [1.165, 1.54) is 12.0 Å². The van der Waals surface area contributed by atoms with Crippen molar-refractivity contribution in [1.82, 2.24) is 5.32 Å². The molecule has 0 aliphatic heterocycles. The van der Waals surface area contributed by atoms with E-state index in [2.05, 4.69) is 38.9 Å². The Hall–Kier alpha value is -1.18. The minimum atomic E-state index is 0.583. The van der Waals surface area contributed by atoms with Crippen LogP contribution in [0.1, 0.15) is 46.0 Å². The first-order chi connectivity index (χ1) is 7.97. The predicted molar refractivity (Wildman–Crippen MR) is 77.5 cm³/mol. The number of nitrogens with one attached hydrogen (secondary N) is 1. The van der Waals surface area contributed by atoms with Gasteiger partial charge >= 0.3 is 0 Å². The van der Waals surface area contributed by atoms with E-state index < -0.39 is 0 Å². The summed E-state index contributed by atoms with van der Waals surface area (Å²) in [7, 11) is 0. The second-order valence-corrected chi connectivity index (χ2v) is 4.79. The van der Waals surface area contributed by atoms with Crippen LogP contribution in [0.2, 0.25) is 0 Å². The van der Waals surface area contributed by atoms with Gasteiger partial charge in [-0.25, -0.2) is 0 Å². The van der Waals surface area contributed by atoms with E-state index in [1.807, 2.05) is 0 Å². The molecule has 2 heteroatoms. The molecule has 0 rings (SSSR count). The number of hydrogen-bond donors (Lipinski definition) is 2. The van der Waals surface area contributed by atoms with Crippen LogP contribution in [0, 0.1) is 5.92 Å². The zero-order chi connectivity index (χ0) is 13.3. The summed E-state index contributed by atoms with van der Waals surface area (Å²) in [5.41, 5.74) is 8.64. The molecule has 0 saturated carbocycles. The summed E-state index contributed by atoms with van der Waals surface area (Å²) in [5.74, 6) is 0.583. The molecule has 0 heterocycles. The highest BCUT2D eigenvalue weighted by Crippen LogP contribution is 2.17. The second kappa shape index (κ2) is 8.91. The second-order valence-electron chi connectivity index (χ2n) is 4.79. The molecule has 0 aliphatic carbocycles. The Bertz CT molecular complexity index is 266. The van der Waals surface area contributed by atoms with Crippen molar-refractivity contribution in [3.63, 3.8) is 0 Å². The minimum absolute atomic E-state index is 0.583. The zero-order valence-electron chi connectivity index (χ0n) is 11.5. The van der Waals surface area contributed by atoms with Crippen molar-refractivity contribution in [2.75, 3.05) is 6.54 Å².